The van der Waals surface area contributed by atoms with Crippen LogP contribution in [0, 0.1) is 0 Å². The number of aryl methyl sites for hydroxylation is 1. The minimum absolute atomic E-state index is 0.115. The fourth-order valence-corrected chi connectivity index (χ4v) is 4.60. The van der Waals surface area contributed by atoms with E-state index in [2.05, 4.69) is 5.32 Å². The zero-order chi connectivity index (χ0) is 21.9. The quantitative estimate of drug-likeness (QED) is 0.760. The van der Waals surface area contributed by atoms with Crippen LogP contribution in [0.4, 0.5) is 5.69 Å². The Morgan fingerprint density at radius 3 is 2.37 bits per heavy atom. The van der Waals surface area contributed by atoms with Gasteiger partial charge in [0, 0.05) is 18.8 Å². The molecule has 0 aliphatic carbocycles. The number of nitrogens with one attached hydrogen (secondary N) is 1. The number of rotatable bonds is 6. The Balaban J connectivity index is 2.00. The zero-order valence-electron chi connectivity index (χ0n) is 17.5. The van der Waals surface area contributed by atoms with Crippen LogP contribution in [0.1, 0.15) is 25.0 Å². The molecule has 1 saturated heterocycles. The summed E-state index contributed by atoms with van der Waals surface area (Å²) in [6.45, 7) is 3.47. The van der Waals surface area contributed by atoms with Crippen LogP contribution in [0.15, 0.2) is 54.6 Å². The van der Waals surface area contributed by atoms with E-state index in [0.29, 0.717) is 12.1 Å². The van der Waals surface area contributed by atoms with Crippen molar-refractivity contribution in [3.8, 4) is 0 Å². The summed E-state index contributed by atoms with van der Waals surface area (Å²) >= 11 is 0. The minimum atomic E-state index is -3.65. The molecule has 1 heterocycles. The Morgan fingerprint density at radius 2 is 1.73 bits per heavy atom. The van der Waals surface area contributed by atoms with Gasteiger partial charge in [-0.1, -0.05) is 55.5 Å². The van der Waals surface area contributed by atoms with Crippen LogP contribution >= 0.6 is 0 Å². The zero-order valence-corrected chi connectivity index (χ0v) is 18.3. The molecule has 1 aliphatic rings. The van der Waals surface area contributed by atoms with Gasteiger partial charge in [-0.3, -0.25) is 14.5 Å². The number of hydrogen-bond donors (Lipinski definition) is 1. The lowest BCUT2D eigenvalue weighted by atomic mass is 9.93. The third-order valence-electron chi connectivity index (χ3n) is 5.41. The molecule has 160 valence electrons. The van der Waals surface area contributed by atoms with E-state index in [1.807, 2.05) is 55.5 Å². The van der Waals surface area contributed by atoms with Gasteiger partial charge >= 0.3 is 0 Å². The van der Waals surface area contributed by atoms with E-state index in [1.54, 1.807) is 13.0 Å². The SMILES string of the molecule is CCc1ccccc1N1C(=O)CN(S(C)(=O)=O)C[C@]1(C)C(=O)NCc1ccccc1. The molecule has 0 unspecified atom stereocenters. The Bertz CT molecular complexity index is 1040. The average Bonchev–Trinajstić information content (AvgIpc) is 2.72. The Labute approximate surface area is 177 Å². The molecule has 7 nitrogen and oxygen atoms in total. The normalized spacial score (nSPS) is 20.2. The van der Waals surface area contributed by atoms with Crippen molar-refractivity contribution in [3.63, 3.8) is 0 Å². The third kappa shape index (κ3) is 4.39. The van der Waals surface area contributed by atoms with Crippen molar-refractivity contribution < 1.29 is 18.0 Å². The van der Waals surface area contributed by atoms with Gasteiger partial charge in [-0.2, -0.15) is 4.31 Å². The van der Waals surface area contributed by atoms with E-state index in [4.69, 9.17) is 0 Å². The first-order valence-electron chi connectivity index (χ1n) is 9.85. The number of benzene rings is 2. The molecule has 1 atom stereocenters. The molecule has 1 aliphatic heterocycles. The molecule has 0 spiro atoms. The van der Waals surface area contributed by atoms with Crippen LogP contribution in [0.25, 0.3) is 0 Å². The van der Waals surface area contributed by atoms with E-state index in [9.17, 15) is 18.0 Å². The van der Waals surface area contributed by atoms with Crippen molar-refractivity contribution >= 4 is 27.5 Å². The van der Waals surface area contributed by atoms with Gasteiger partial charge < -0.3 is 5.32 Å². The summed E-state index contributed by atoms with van der Waals surface area (Å²) in [5, 5.41) is 2.88. The Morgan fingerprint density at radius 1 is 1.10 bits per heavy atom. The highest BCUT2D eigenvalue weighted by atomic mass is 32.2. The summed E-state index contributed by atoms with van der Waals surface area (Å²) in [4.78, 5) is 28.0. The lowest BCUT2D eigenvalue weighted by Crippen LogP contribution is -2.70. The van der Waals surface area contributed by atoms with Crippen molar-refractivity contribution in [2.45, 2.75) is 32.4 Å². The monoisotopic (exact) mass is 429 g/mol. The number of carbonyl (C=O) groups is 2. The van der Waals surface area contributed by atoms with Crippen molar-refractivity contribution in [2.24, 2.45) is 0 Å². The van der Waals surface area contributed by atoms with Crippen LogP contribution in [-0.2, 0) is 32.6 Å². The Kier molecular flexibility index (Phi) is 6.28. The summed E-state index contributed by atoms with van der Waals surface area (Å²) in [6.07, 6.45) is 1.73. The topological polar surface area (TPSA) is 86.8 Å². The van der Waals surface area contributed by atoms with Crippen molar-refractivity contribution in [1.82, 2.24) is 9.62 Å². The van der Waals surface area contributed by atoms with Gasteiger partial charge in [0.1, 0.15) is 5.54 Å². The predicted molar refractivity (Wildman–Crippen MR) is 116 cm³/mol. The van der Waals surface area contributed by atoms with Crippen molar-refractivity contribution in [1.29, 1.82) is 0 Å². The van der Waals surface area contributed by atoms with Gasteiger partial charge in [-0.25, -0.2) is 8.42 Å². The molecule has 8 heteroatoms. The maximum atomic E-state index is 13.4. The molecule has 2 amide bonds. The van der Waals surface area contributed by atoms with E-state index in [-0.39, 0.29) is 19.6 Å². The molecule has 2 aromatic rings. The summed E-state index contributed by atoms with van der Waals surface area (Å²) in [7, 11) is -3.65. The number of carbonyl (C=O) groups excluding carboxylic acids is 2. The largest absolute Gasteiger partial charge is 0.350 e. The second-order valence-electron chi connectivity index (χ2n) is 7.68. The van der Waals surface area contributed by atoms with Crippen LogP contribution in [0.3, 0.4) is 0 Å². The maximum Gasteiger partial charge on any atom is 0.247 e. The first kappa shape index (κ1) is 22.0. The van der Waals surface area contributed by atoms with Crippen LogP contribution in [-0.4, -0.2) is 49.4 Å². The second-order valence-corrected chi connectivity index (χ2v) is 9.67. The molecule has 0 radical (unpaired) electrons. The van der Waals surface area contributed by atoms with E-state index in [0.717, 1.165) is 21.7 Å². The first-order chi connectivity index (χ1) is 14.2. The Hall–Kier alpha value is -2.71. The van der Waals surface area contributed by atoms with Gasteiger partial charge in [0.25, 0.3) is 0 Å². The van der Waals surface area contributed by atoms with Crippen LogP contribution in [0.2, 0.25) is 0 Å². The summed E-state index contributed by atoms with van der Waals surface area (Å²) in [5.41, 5.74) is 1.08. The van der Waals surface area contributed by atoms with Gasteiger partial charge in [0.2, 0.25) is 21.8 Å². The number of piperazine rings is 1. The third-order valence-corrected chi connectivity index (χ3v) is 6.60. The molecule has 2 aromatic carbocycles. The lowest BCUT2D eigenvalue weighted by molar-refractivity contribution is -0.133. The molecule has 3 rings (SSSR count). The van der Waals surface area contributed by atoms with E-state index >= 15 is 0 Å². The number of amides is 2. The number of sulfonamides is 1. The number of anilines is 1. The highest BCUT2D eigenvalue weighted by Crippen LogP contribution is 2.33. The first-order valence-corrected chi connectivity index (χ1v) is 11.7. The van der Waals surface area contributed by atoms with Gasteiger partial charge in [-0.05, 0) is 30.5 Å². The molecular weight excluding hydrogens is 402 g/mol. The average molecular weight is 430 g/mol. The summed E-state index contributed by atoms with van der Waals surface area (Å²) in [6, 6.07) is 16.8. The molecule has 1 N–H and O–H groups in total. The second kappa shape index (κ2) is 8.57. The minimum Gasteiger partial charge on any atom is -0.350 e. The van der Waals surface area contributed by atoms with Crippen molar-refractivity contribution in [3.05, 3.63) is 65.7 Å². The van der Waals surface area contributed by atoms with Gasteiger partial charge in [-0.15, -0.1) is 0 Å². The van der Waals surface area contributed by atoms with E-state index in [1.165, 1.54) is 4.90 Å². The van der Waals surface area contributed by atoms with E-state index < -0.39 is 27.4 Å². The van der Waals surface area contributed by atoms with Gasteiger partial charge in [0.05, 0.1) is 12.8 Å². The van der Waals surface area contributed by atoms with Crippen LogP contribution < -0.4 is 10.2 Å². The molecular formula is C22H27N3O4S. The molecule has 1 fully saturated rings. The molecule has 0 bridgehead atoms. The summed E-state index contributed by atoms with van der Waals surface area (Å²) in [5.74, 6) is -0.830. The maximum absolute atomic E-state index is 13.4. The molecule has 30 heavy (non-hydrogen) atoms. The molecule has 0 saturated carbocycles. The number of hydrogen-bond acceptors (Lipinski definition) is 4. The number of para-hydroxylation sites is 1. The predicted octanol–water partition coefficient (Wildman–Crippen LogP) is 1.93. The number of nitrogens with zero attached hydrogens (tertiary/aromatic N) is 2. The smallest absolute Gasteiger partial charge is 0.247 e. The molecule has 0 aromatic heterocycles. The summed E-state index contributed by atoms with van der Waals surface area (Å²) < 4.78 is 25.5. The van der Waals surface area contributed by atoms with Gasteiger partial charge in [0.15, 0.2) is 0 Å². The van der Waals surface area contributed by atoms with Crippen LogP contribution in [0.5, 0.6) is 0 Å². The fourth-order valence-electron chi connectivity index (χ4n) is 3.77. The highest BCUT2D eigenvalue weighted by molar-refractivity contribution is 7.88. The standard InChI is InChI=1S/C22H27N3O4S/c1-4-18-12-8-9-13-19(18)25-20(26)15-24(30(3,28)29)16-22(25,2)21(27)23-14-17-10-6-5-7-11-17/h5-13H,4,14-16H2,1-3H3,(H,23,27)/t22-/m1/s1. The van der Waals surface area contributed by atoms with Crippen molar-refractivity contribution in [2.75, 3.05) is 24.2 Å². The highest BCUT2D eigenvalue weighted by Gasteiger charge is 2.50. The fraction of sp³-hybridized carbons (Fsp3) is 0.364. The lowest BCUT2D eigenvalue weighted by Gasteiger charge is -2.47.